The second-order valence-electron chi connectivity index (χ2n) is 18.5. The molecule has 336 valence electrons. The molecule has 0 amide bonds. The Morgan fingerprint density at radius 1 is 0.965 bits per heavy atom. The summed E-state index contributed by atoms with van der Waals surface area (Å²) < 4.78 is 38.4. The van der Waals surface area contributed by atoms with E-state index in [0.29, 0.717) is 13.0 Å². The standard InChI is InChI=1S/C42H81N3O12/c1-15-17-18-43-23-42(51)29(8)54-32(21-40(42,10)52-14)56-34-26(5)36(57-38-33(46)30(45(12)13)19-25(4)53-38)39(9,49)20-24(3)22-44-28(7)35(47)41(11,50)31(16-2)55-37(48)27(34)6/h24-36,38,43-44,46-47,49-51H,15-23H2,1-14H3/t24-,25-,26+,27-,28-,29+,30+,31-,32+,33-,34?,35-,36-,38+,39-,40-,41-,42-/m1/s1. The number of hydrogen-bond acceptors (Lipinski definition) is 15. The number of nitrogens with zero attached hydrogens (tertiary/aromatic N) is 1. The van der Waals surface area contributed by atoms with E-state index in [1.807, 2.05) is 46.7 Å². The van der Waals surface area contributed by atoms with Crippen LogP contribution in [-0.4, -0.2) is 167 Å². The molecule has 57 heavy (non-hydrogen) atoms. The molecule has 0 bridgehead atoms. The first-order chi connectivity index (χ1) is 26.4. The van der Waals surface area contributed by atoms with Crippen molar-refractivity contribution >= 4 is 5.97 Å². The summed E-state index contributed by atoms with van der Waals surface area (Å²) in [6, 6.07) is -0.878. The SMILES string of the molecule is CCCCNC[C@@]1(O)[C@H](C)O[C@@H](OC2[C@@H](C)C(=O)O[C@H](CC)[C@@](C)(O)[C@H](O)[C@@H](C)NC[C@H](C)C[C@@](C)(O)[C@H](O[C@@H]3O[C@H](C)C[C@H](N(C)C)[C@H]3O)[C@H]2C)C[C@@]1(C)OC. The lowest BCUT2D eigenvalue weighted by Crippen LogP contribution is -2.70. The molecule has 3 aliphatic rings. The summed E-state index contributed by atoms with van der Waals surface area (Å²) in [7, 11) is 5.31. The Bertz CT molecular complexity index is 1240. The number of carbonyl (C=O) groups is 1. The molecule has 0 aromatic carbocycles. The predicted molar refractivity (Wildman–Crippen MR) is 216 cm³/mol. The number of carbonyl (C=O) groups excluding carboxylic acids is 1. The van der Waals surface area contributed by atoms with Crippen LogP contribution in [0.4, 0.5) is 0 Å². The summed E-state index contributed by atoms with van der Waals surface area (Å²) in [6.07, 6.45) is -5.64. The second-order valence-corrected chi connectivity index (χ2v) is 18.5. The van der Waals surface area contributed by atoms with Crippen molar-refractivity contribution in [3.63, 3.8) is 0 Å². The molecule has 1 unspecified atom stereocenters. The van der Waals surface area contributed by atoms with E-state index in [4.69, 9.17) is 28.4 Å². The van der Waals surface area contributed by atoms with Gasteiger partial charge in [-0.1, -0.05) is 34.1 Å². The quantitative estimate of drug-likeness (QED) is 0.112. The number of cyclic esters (lactones) is 1. The topological polar surface area (TPSA) is 201 Å². The molecule has 0 aromatic heterocycles. The van der Waals surface area contributed by atoms with E-state index >= 15 is 0 Å². The van der Waals surface area contributed by atoms with Gasteiger partial charge in [-0.05, 0) is 107 Å². The van der Waals surface area contributed by atoms with E-state index < -0.39 is 95.5 Å². The molecule has 0 spiro atoms. The van der Waals surface area contributed by atoms with Crippen molar-refractivity contribution < 1.29 is 58.7 Å². The highest BCUT2D eigenvalue weighted by Crippen LogP contribution is 2.43. The van der Waals surface area contributed by atoms with E-state index in [1.165, 1.54) is 6.92 Å². The third-order valence-electron chi connectivity index (χ3n) is 13.3. The summed E-state index contributed by atoms with van der Waals surface area (Å²) in [5, 5.41) is 66.0. The van der Waals surface area contributed by atoms with Gasteiger partial charge in [0.2, 0.25) is 0 Å². The number of methoxy groups -OCH3 is 1. The first-order valence-electron chi connectivity index (χ1n) is 21.4. The van der Waals surface area contributed by atoms with Crippen LogP contribution in [0, 0.1) is 17.8 Å². The third-order valence-corrected chi connectivity index (χ3v) is 13.3. The number of hydrogen-bond donors (Lipinski definition) is 7. The lowest BCUT2D eigenvalue weighted by molar-refractivity contribution is -0.336. The Morgan fingerprint density at radius 2 is 1.61 bits per heavy atom. The third kappa shape index (κ3) is 11.7. The molecule has 18 atom stereocenters. The molecule has 3 heterocycles. The smallest absolute Gasteiger partial charge is 0.311 e. The van der Waals surface area contributed by atoms with Crippen LogP contribution in [0.25, 0.3) is 0 Å². The number of likely N-dealkylation sites (N-methyl/N-ethyl adjacent to an activating group) is 1. The lowest BCUT2D eigenvalue weighted by Gasteiger charge is -2.53. The van der Waals surface area contributed by atoms with Gasteiger partial charge in [0.1, 0.15) is 35.1 Å². The van der Waals surface area contributed by atoms with Crippen LogP contribution in [0.1, 0.15) is 115 Å². The van der Waals surface area contributed by atoms with Gasteiger partial charge in [-0.2, -0.15) is 0 Å². The number of aliphatic hydroxyl groups is 5. The second kappa shape index (κ2) is 20.7. The molecule has 0 radical (unpaired) electrons. The summed E-state index contributed by atoms with van der Waals surface area (Å²) in [4.78, 5) is 16.3. The maximum absolute atomic E-state index is 14.3. The van der Waals surface area contributed by atoms with Gasteiger partial charge < -0.3 is 69.5 Å². The van der Waals surface area contributed by atoms with Gasteiger partial charge in [0.25, 0.3) is 0 Å². The van der Waals surface area contributed by atoms with Crippen molar-refractivity contribution in [3.8, 4) is 0 Å². The molecule has 3 aliphatic heterocycles. The molecular weight excluding hydrogens is 738 g/mol. The van der Waals surface area contributed by atoms with Gasteiger partial charge in [-0.3, -0.25) is 4.79 Å². The number of unbranched alkanes of at least 4 members (excludes halogenated alkanes) is 1. The van der Waals surface area contributed by atoms with E-state index in [9.17, 15) is 30.3 Å². The van der Waals surface area contributed by atoms with Gasteiger partial charge in [0, 0.05) is 38.1 Å². The molecule has 3 rings (SSSR count). The molecule has 3 saturated heterocycles. The average Bonchev–Trinajstić information content (AvgIpc) is 3.14. The van der Waals surface area contributed by atoms with E-state index in [1.54, 1.807) is 41.7 Å². The molecule has 15 nitrogen and oxygen atoms in total. The van der Waals surface area contributed by atoms with Crippen LogP contribution in [0.3, 0.4) is 0 Å². The minimum Gasteiger partial charge on any atom is -0.459 e. The first kappa shape index (κ1) is 50.3. The predicted octanol–water partition coefficient (Wildman–Crippen LogP) is 2.32. The Hall–Kier alpha value is -1.05. The van der Waals surface area contributed by atoms with Crippen molar-refractivity contribution in [2.24, 2.45) is 17.8 Å². The van der Waals surface area contributed by atoms with Gasteiger partial charge in [0.15, 0.2) is 12.6 Å². The molecule has 15 heteroatoms. The summed E-state index contributed by atoms with van der Waals surface area (Å²) in [6.45, 7) is 21.0. The zero-order valence-electron chi connectivity index (χ0n) is 37.5. The van der Waals surface area contributed by atoms with Crippen LogP contribution in [-0.2, 0) is 33.2 Å². The number of nitrogens with one attached hydrogen (secondary N) is 2. The largest absolute Gasteiger partial charge is 0.459 e. The van der Waals surface area contributed by atoms with Gasteiger partial charge >= 0.3 is 5.97 Å². The van der Waals surface area contributed by atoms with Gasteiger partial charge in [0.05, 0.1) is 35.9 Å². The van der Waals surface area contributed by atoms with Crippen LogP contribution >= 0.6 is 0 Å². The van der Waals surface area contributed by atoms with Gasteiger partial charge in [-0.25, -0.2) is 0 Å². The zero-order chi connectivity index (χ0) is 43.3. The van der Waals surface area contributed by atoms with Crippen LogP contribution in [0.5, 0.6) is 0 Å². The summed E-state index contributed by atoms with van der Waals surface area (Å²) >= 11 is 0. The van der Waals surface area contributed by atoms with E-state index in [0.717, 1.165) is 19.4 Å². The monoisotopic (exact) mass is 820 g/mol. The Morgan fingerprint density at radius 3 is 2.19 bits per heavy atom. The Labute approximate surface area is 342 Å². The number of esters is 1. The number of rotatable bonds is 12. The Kier molecular flexibility index (Phi) is 18.2. The average molecular weight is 820 g/mol. The van der Waals surface area contributed by atoms with Crippen LogP contribution in [0.2, 0.25) is 0 Å². The van der Waals surface area contributed by atoms with Crippen molar-refractivity contribution in [2.45, 2.75) is 204 Å². The molecule has 0 saturated carbocycles. The molecule has 0 aliphatic carbocycles. The summed E-state index contributed by atoms with van der Waals surface area (Å²) in [5.41, 5.74) is -5.96. The van der Waals surface area contributed by atoms with Crippen molar-refractivity contribution in [1.29, 1.82) is 0 Å². The minimum atomic E-state index is -1.81. The highest BCUT2D eigenvalue weighted by atomic mass is 16.7. The maximum atomic E-state index is 14.3. The normalized spacial score (nSPS) is 47.3. The molecular formula is C42H81N3O12. The minimum absolute atomic E-state index is 0.0955. The maximum Gasteiger partial charge on any atom is 0.311 e. The van der Waals surface area contributed by atoms with E-state index in [-0.39, 0.29) is 43.9 Å². The Balaban J connectivity index is 2.15. The van der Waals surface area contributed by atoms with Gasteiger partial charge in [-0.15, -0.1) is 0 Å². The van der Waals surface area contributed by atoms with E-state index in [2.05, 4.69) is 17.6 Å². The molecule has 3 fully saturated rings. The fraction of sp³-hybridized carbons (Fsp3) is 0.976. The van der Waals surface area contributed by atoms with Crippen molar-refractivity contribution in [2.75, 3.05) is 40.8 Å². The lowest BCUT2D eigenvalue weighted by atomic mass is 9.75. The molecule has 0 aromatic rings. The zero-order valence-corrected chi connectivity index (χ0v) is 37.5. The highest BCUT2D eigenvalue weighted by molar-refractivity contribution is 5.73. The van der Waals surface area contributed by atoms with Crippen molar-refractivity contribution in [1.82, 2.24) is 15.5 Å². The first-order valence-corrected chi connectivity index (χ1v) is 21.4. The fourth-order valence-electron chi connectivity index (χ4n) is 9.33. The summed E-state index contributed by atoms with van der Waals surface area (Å²) in [5.74, 6) is -2.66. The van der Waals surface area contributed by atoms with Crippen LogP contribution in [0.15, 0.2) is 0 Å². The van der Waals surface area contributed by atoms with Crippen molar-refractivity contribution in [3.05, 3.63) is 0 Å². The number of aliphatic hydroxyl groups excluding tert-OH is 2. The molecule has 7 N–H and O–H groups in total. The van der Waals surface area contributed by atoms with Crippen LogP contribution < -0.4 is 10.6 Å². The highest BCUT2D eigenvalue weighted by Gasteiger charge is 2.58. The fourth-order valence-corrected chi connectivity index (χ4v) is 9.33. The number of ether oxygens (including phenoxy) is 6.